The van der Waals surface area contributed by atoms with Gasteiger partial charge in [0.25, 0.3) is 5.91 Å². The molecule has 8 heteroatoms. The summed E-state index contributed by atoms with van der Waals surface area (Å²) in [6.07, 6.45) is 1.56. The highest BCUT2D eigenvalue weighted by atomic mass is 19.1. The first kappa shape index (κ1) is 16.4. The van der Waals surface area contributed by atoms with Gasteiger partial charge in [-0.2, -0.15) is 0 Å². The first-order valence-electron chi connectivity index (χ1n) is 8.48. The van der Waals surface area contributed by atoms with Gasteiger partial charge in [-0.05, 0) is 37.3 Å². The van der Waals surface area contributed by atoms with Crippen LogP contribution in [-0.2, 0) is 0 Å². The van der Waals surface area contributed by atoms with Crippen molar-refractivity contribution in [3.63, 3.8) is 0 Å². The summed E-state index contributed by atoms with van der Waals surface area (Å²) in [5.74, 6) is -0.477. The van der Waals surface area contributed by atoms with Gasteiger partial charge in [0.2, 0.25) is 5.76 Å². The molecule has 0 radical (unpaired) electrons. The predicted octanol–water partition coefficient (Wildman–Crippen LogP) is 3.37. The van der Waals surface area contributed by atoms with Crippen molar-refractivity contribution in [2.75, 3.05) is 4.90 Å². The third kappa shape index (κ3) is 2.27. The van der Waals surface area contributed by atoms with Crippen LogP contribution in [0.1, 0.15) is 33.6 Å². The van der Waals surface area contributed by atoms with Crippen molar-refractivity contribution in [2.24, 2.45) is 0 Å². The van der Waals surface area contributed by atoms with Gasteiger partial charge < -0.3 is 8.94 Å². The summed E-state index contributed by atoms with van der Waals surface area (Å²) < 4.78 is 24.5. The molecule has 0 saturated heterocycles. The van der Waals surface area contributed by atoms with E-state index in [1.807, 2.05) is 0 Å². The molecule has 7 nitrogen and oxygen atoms in total. The van der Waals surface area contributed by atoms with E-state index in [4.69, 9.17) is 8.94 Å². The number of nitrogens with zero attached hydrogens (tertiary/aromatic N) is 3. The van der Waals surface area contributed by atoms with Gasteiger partial charge in [-0.15, -0.1) is 0 Å². The van der Waals surface area contributed by atoms with E-state index < -0.39 is 23.2 Å². The maximum Gasteiger partial charge on any atom is 0.296 e. The normalized spacial score (nSPS) is 16.0. The van der Waals surface area contributed by atoms with E-state index in [0.29, 0.717) is 11.5 Å². The number of hydrogen-bond acceptors (Lipinski definition) is 6. The average Bonchev–Trinajstić information content (AvgIpc) is 3.24. The quantitative estimate of drug-likeness (QED) is 0.532. The minimum absolute atomic E-state index is 0.0608. The summed E-state index contributed by atoms with van der Waals surface area (Å²) >= 11 is 0. The minimum atomic E-state index is -0.864. The first-order chi connectivity index (χ1) is 13.5. The van der Waals surface area contributed by atoms with Crippen molar-refractivity contribution in [2.45, 2.75) is 13.0 Å². The highest BCUT2D eigenvalue weighted by Gasteiger charge is 2.45. The summed E-state index contributed by atoms with van der Waals surface area (Å²) in [5.41, 5.74) is 0.208. The molecule has 1 aliphatic rings. The van der Waals surface area contributed by atoms with E-state index >= 15 is 0 Å². The fourth-order valence-electron chi connectivity index (χ4n) is 3.47. The highest BCUT2D eigenvalue weighted by Crippen LogP contribution is 2.40. The van der Waals surface area contributed by atoms with Gasteiger partial charge in [-0.3, -0.25) is 19.5 Å². The van der Waals surface area contributed by atoms with Crippen LogP contribution in [0.25, 0.3) is 11.0 Å². The summed E-state index contributed by atoms with van der Waals surface area (Å²) in [5, 5.41) is 3.98. The molecule has 138 valence electrons. The van der Waals surface area contributed by atoms with Crippen LogP contribution in [0.3, 0.4) is 0 Å². The Morgan fingerprint density at radius 2 is 2.00 bits per heavy atom. The Morgan fingerprint density at radius 1 is 1.14 bits per heavy atom. The standard InChI is InChI=1S/C20H12FN3O4/c1-10-8-15(23-28-10)24-17(13-4-2-3-7-22-13)16-18(25)12-9-11(21)5-6-14(12)27-19(16)20(24)26/h2-9,17H,1H3/t17-/m0/s1. The summed E-state index contributed by atoms with van der Waals surface area (Å²) in [6.45, 7) is 1.69. The molecule has 0 fully saturated rings. The number of aryl methyl sites for hydroxylation is 1. The predicted molar refractivity (Wildman–Crippen MR) is 96.6 cm³/mol. The van der Waals surface area contributed by atoms with Gasteiger partial charge in [0.15, 0.2) is 11.2 Å². The second-order valence-corrected chi connectivity index (χ2v) is 6.44. The second kappa shape index (κ2) is 5.85. The number of fused-ring (bicyclic) bond motifs is 2. The number of aromatic nitrogens is 2. The molecule has 0 N–H and O–H groups in total. The number of hydrogen-bond donors (Lipinski definition) is 0. The van der Waals surface area contributed by atoms with E-state index in [9.17, 15) is 14.0 Å². The van der Waals surface area contributed by atoms with Gasteiger partial charge in [0.1, 0.15) is 23.2 Å². The second-order valence-electron chi connectivity index (χ2n) is 6.44. The molecule has 28 heavy (non-hydrogen) atoms. The molecular weight excluding hydrogens is 365 g/mol. The molecule has 0 bridgehead atoms. The van der Waals surface area contributed by atoms with Crippen molar-refractivity contribution in [1.29, 1.82) is 0 Å². The van der Waals surface area contributed by atoms with Gasteiger partial charge in [-0.25, -0.2) is 4.39 Å². The Hall–Kier alpha value is -3.81. The molecule has 1 atom stereocenters. The number of amides is 1. The third-order valence-corrected chi connectivity index (χ3v) is 4.66. The van der Waals surface area contributed by atoms with Crippen LogP contribution >= 0.6 is 0 Å². The van der Waals surface area contributed by atoms with E-state index in [1.165, 1.54) is 17.0 Å². The Balaban J connectivity index is 1.84. The van der Waals surface area contributed by atoms with Gasteiger partial charge in [0.05, 0.1) is 16.6 Å². The number of carbonyl (C=O) groups excluding carboxylic acids is 1. The van der Waals surface area contributed by atoms with Crippen molar-refractivity contribution in [1.82, 2.24) is 10.1 Å². The van der Waals surface area contributed by atoms with Crippen molar-refractivity contribution in [3.05, 3.63) is 87.5 Å². The van der Waals surface area contributed by atoms with E-state index in [2.05, 4.69) is 10.1 Å². The number of halogens is 1. The number of pyridine rings is 1. The van der Waals surface area contributed by atoms with Crippen LogP contribution in [0, 0.1) is 12.7 Å². The summed E-state index contributed by atoms with van der Waals surface area (Å²) in [7, 11) is 0. The molecule has 4 heterocycles. The molecule has 4 aromatic rings. The molecule has 0 aliphatic carbocycles. The average molecular weight is 377 g/mol. The number of anilines is 1. The van der Waals surface area contributed by atoms with Crippen LogP contribution in [-0.4, -0.2) is 16.0 Å². The molecule has 1 aliphatic heterocycles. The molecule has 1 aromatic carbocycles. The molecule has 0 saturated carbocycles. The lowest BCUT2D eigenvalue weighted by molar-refractivity contribution is 0.0969. The zero-order chi connectivity index (χ0) is 19.4. The SMILES string of the molecule is Cc1cc(N2C(=O)c3oc4ccc(F)cc4c(=O)c3[C@@H]2c2ccccn2)no1. The Bertz CT molecular complexity index is 1300. The zero-order valence-electron chi connectivity index (χ0n) is 14.5. The molecular formula is C20H12FN3O4. The molecule has 0 unspecified atom stereocenters. The van der Waals surface area contributed by atoms with Crippen molar-refractivity contribution in [3.8, 4) is 0 Å². The largest absolute Gasteiger partial charge is 0.450 e. The van der Waals surface area contributed by atoms with Crippen LogP contribution < -0.4 is 10.3 Å². The lowest BCUT2D eigenvalue weighted by atomic mass is 10.0. The monoisotopic (exact) mass is 377 g/mol. The highest BCUT2D eigenvalue weighted by molar-refractivity contribution is 6.10. The van der Waals surface area contributed by atoms with Crippen molar-refractivity contribution < 1.29 is 18.1 Å². The maximum atomic E-state index is 13.7. The van der Waals surface area contributed by atoms with Gasteiger partial charge >= 0.3 is 0 Å². The topological polar surface area (TPSA) is 89.4 Å². The van der Waals surface area contributed by atoms with Crippen LogP contribution in [0.5, 0.6) is 0 Å². The van der Waals surface area contributed by atoms with Crippen LogP contribution in [0.4, 0.5) is 10.2 Å². The number of rotatable bonds is 2. The lowest BCUT2D eigenvalue weighted by Gasteiger charge is -2.21. The Morgan fingerprint density at radius 3 is 2.71 bits per heavy atom. The van der Waals surface area contributed by atoms with Gasteiger partial charge in [-0.1, -0.05) is 11.2 Å². The summed E-state index contributed by atoms with van der Waals surface area (Å²) in [6, 6.07) is 9.50. The zero-order valence-corrected chi connectivity index (χ0v) is 14.5. The van der Waals surface area contributed by atoms with E-state index in [1.54, 1.807) is 37.4 Å². The molecule has 3 aromatic heterocycles. The molecule has 5 rings (SSSR count). The lowest BCUT2D eigenvalue weighted by Crippen LogP contribution is -2.30. The number of benzene rings is 1. The van der Waals surface area contributed by atoms with Crippen molar-refractivity contribution >= 4 is 22.7 Å². The smallest absolute Gasteiger partial charge is 0.296 e. The van der Waals surface area contributed by atoms with Gasteiger partial charge in [0, 0.05) is 12.3 Å². The van der Waals surface area contributed by atoms with E-state index in [0.717, 1.165) is 6.07 Å². The maximum absolute atomic E-state index is 13.7. The fourth-order valence-corrected chi connectivity index (χ4v) is 3.47. The third-order valence-electron chi connectivity index (χ3n) is 4.66. The van der Waals surface area contributed by atoms with Crippen LogP contribution in [0.2, 0.25) is 0 Å². The van der Waals surface area contributed by atoms with E-state index in [-0.39, 0.29) is 28.1 Å². The van der Waals surface area contributed by atoms with Crippen LogP contribution in [0.15, 0.2) is 62.4 Å². The first-order valence-corrected chi connectivity index (χ1v) is 8.48. The molecule has 0 spiro atoms. The summed E-state index contributed by atoms with van der Waals surface area (Å²) in [4.78, 5) is 32.0. The number of carbonyl (C=O) groups is 1. The Labute approximate surface area is 157 Å². The minimum Gasteiger partial charge on any atom is -0.450 e. The molecule has 1 amide bonds. The fraction of sp³-hybridized carbons (Fsp3) is 0.100. The Kier molecular flexibility index (Phi) is 3.42.